The number of amides is 3. The molecule has 0 aliphatic heterocycles. The van der Waals surface area contributed by atoms with Crippen LogP contribution in [0, 0.1) is 5.92 Å². The van der Waals surface area contributed by atoms with Crippen molar-refractivity contribution in [3.05, 3.63) is 58.5 Å². The zero-order valence-corrected chi connectivity index (χ0v) is 15.2. The highest BCUT2D eigenvalue weighted by molar-refractivity contribution is 5.96. The zero-order valence-electron chi connectivity index (χ0n) is 15.2. The number of carbonyl (C=O) groups is 3. The molecule has 28 heavy (non-hydrogen) atoms. The molecule has 1 heterocycles. The predicted octanol–water partition coefficient (Wildman–Crippen LogP) is 0.138. The van der Waals surface area contributed by atoms with Crippen molar-refractivity contribution in [2.24, 2.45) is 5.92 Å². The topological polar surface area (TPSA) is 122 Å². The van der Waals surface area contributed by atoms with E-state index < -0.39 is 0 Å². The summed E-state index contributed by atoms with van der Waals surface area (Å²) in [5, 5.41) is 11.9. The molecule has 2 aromatic rings. The minimum Gasteiger partial charge on any atom is -0.353 e. The molecule has 1 aromatic heterocycles. The van der Waals surface area contributed by atoms with E-state index in [2.05, 4.69) is 21.0 Å². The molecule has 1 aliphatic rings. The van der Waals surface area contributed by atoms with Crippen LogP contribution in [0.25, 0.3) is 0 Å². The van der Waals surface area contributed by atoms with Gasteiger partial charge in [-0.05, 0) is 43.2 Å². The zero-order chi connectivity index (χ0) is 19.9. The van der Waals surface area contributed by atoms with Crippen molar-refractivity contribution in [1.29, 1.82) is 0 Å². The number of nitrogens with zero attached hydrogens (tertiary/aromatic N) is 2. The Labute approximate surface area is 161 Å². The van der Waals surface area contributed by atoms with Crippen LogP contribution in [0.1, 0.15) is 23.2 Å². The van der Waals surface area contributed by atoms with Gasteiger partial charge in [0.05, 0.1) is 0 Å². The van der Waals surface area contributed by atoms with E-state index in [0.29, 0.717) is 11.3 Å². The summed E-state index contributed by atoms with van der Waals surface area (Å²) in [4.78, 5) is 47.1. The molecule has 9 heteroatoms. The molecule has 9 nitrogen and oxygen atoms in total. The molecule has 0 atom stereocenters. The number of carbonyl (C=O) groups excluding carboxylic acids is 3. The van der Waals surface area contributed by atoms with E-state index in [9.17, 15) is 19.2 Å². The summed E-state index contributed by atoms with van der Waals surface area (Å²) in [5.41, 5.74) is 0.754. The Morgan fingerprint density at radius 2 is 1.75 bits per heavy atom. The van der Waals surface area contributed by atoms with E-state index in [1.165, 1.54) is 18.3 Å². The second-order valence-electron chi connectivity index (χ2n) is 6.47. The lowest BCUT2D eigenvalue weighted by atomic mass is 10.2. The average Bonchev–Trinajstić information content (AvgIpc) is 3.53. The number of aromatic nitrogens is 2. The Bertz CT molecular complexity index is 918. The van der Waals surface area contributed by atoms with Crippen LogP contribution in [-0.4, -0.2) is 40.6 Å². The van der Waals surface area contributed by atoms with Gasteiger partial charge in [-0.2, -0.15) is 5.10 Å². The molecule has 1 aliphatic carbocycles. The summed E-state index contributed by atoms with van der Waals surface area (Å²) < 4.78 is 1.05. The second-order valence-corrected chi connectivity index (χ2v) is 6.47. The van der Waals surface area contributed by atoms with Crippen molar-refractivity contribution in [3.8, 4) is 0 Å². The number of hydrogen-bond acceptors (Lipinski definition) is 5. The first-order valence-corrected chi connectivity index (χ1v) is 9.01. The Kier molecular flexibility index (Phi) is 6.15. The van der Waals surface area contributed by atoms with Crippen molar-refractivity contribution >= 4 is 23.4 Å². The van der Waals surface area contributed by atoms with Gasteiger partial charge in [0, 0.05) is 42.5 Å². The van der Waals surface area contributed by atoms with E-state index in [0.717, 1.165) is 17.5 Å². The van der Waals surface area contributed by atoms with Crippen LogP contribution >= 0.6 is 0 Å². The molecular formula is C19H21N5O4. The van der Waals surface area contributed by atoms with E-state index in [1.807, 2.05) is 0 Å². The molecule has 3 N–H and O–H groups in total. The molecular weight excluding hydrogens is 362 g/mol. The Morgan fingerprint density at radius 3 is 2.43 bits per heavy atom. The van der Waals surface area contributed by atoms with Gasteiger partial charge in [0.1, 0.15) is 6.54 Å². The molecule has 146 valence electrons. The van der Waals surface area contributed by atoms with Crippen LogP contribution in [0.2, 0.25) is 0 Å². The second kappa shape index (κ2) is 8.94. The van der Waals surface area contributed by atoms with Gasteiger partial charge >= 0.3 is 0 Å². The van der Waals surface area contributed by atoms with Gasteiger partial charge in [-0.1, -0.05) is 0 Å². The fraction of sp³-hybridized carbons (Fsp3) is 0.316. The lowest BCUT2D eigenvalue weighted by molar-refractivity contribution is -0.122. The number of nitrogens with one attached hydrogen (secondary N) is 3. The molecule has 0 bridgehead atoms. The Morgan fingerprint density at radius 1 is 1.04 bits per heavy atom. The molecule has 3 amide bonds. The first kappa shape index (κ1) is 19.3. The van der Waals surface area contributed by atoms with Crippen LogP contribution in [-0.2, 0) is 16.1 Å². The van der Waals surface area contributed by atoms with E-state index in [1.54, 1.807) is 24.3 Å². The Balaban J connectivity index is 1.38. The lowest BCUT2D eigenvalue weighted by Gasteiger charge is -2.09. The normalized spacial score (nSPS) is 12.9. The number of rotatable bonds is 8. The summed E-state index contributed by atoms with van der Waals surface area (Å²) in [6, 6.07) is 9.44. The fourth-order valence-electron chi connectivity index (χ4n) is 2.47. The third-order valence-corrected chi connectivity index (χ3v) is 4.17. The summed E-state index contributed by atoms with van der Waals surface area (Å²) in [5.74, 6) is -0.517. The van der Waals surface area contributed by atoms with E-state index in [-0.39, 0.29) is 48.8 Å². The van der Waals surface area contributed by atoms with Crippen molar-refractivity contribution in [1.82, 2.24) is 20.4 Å². The summed E-state index contributed by atoms with van der Waals surface area (Å²) >= 11 is 0. The van der Waals surface area contributed by atoms with Crippen molar-refractivity contribution in [2.75, 3.05) is 18.4 Å². The smallest absolute Gasteiger partial charge is 0.267 e. The lowest BCUT2D eigenvalue weighted by Crippen LogP contribution is -2.38. The molecule has 3 rings (SSSR count). The van der Waals surface area contributed by atoms with Gasteiger partial charge in [0.2, 0.25) is 11.8 Å². The van der Waals surface area contributed by atoms with Crippen LogP contribution in [0.5, 0.6) is 0 Å². The minimum atomic E-state index is -0.370. The van der Waals surface area contributed by atoms with Crippen LogP contribution < -0.4 is 21.5 Å². The van der Waals surface area contributed by atoms with Crippen molar-refractivity contribution in [2.45, 2.75) is 19.4 Å². The van der Waals surface area contributed by atoms with Gasteiger partial charge in [0.25, 0.3) is 11.5 Å². The van der Waals surface area contributed by atoms with Crippen molar-refractivity contribution in [3.63, 3.8) is 0 Å². The number of hydrogen-bond donors (Lipinski definition) is 3. The summed E-state index contributed by atoms with van der Waals surface area (Å²) in [7, 11) is 0. The van der Waals surface area contributed by atoms with Gasteiger partial charge in [0.15, 0.2) is 0 Å². The fourth-order valence-corrected chi connectivity index (χ4v) is 2.47. The maximum atomic E-state index is 12.1. The number of anilines is 1. The standard InChI is InChI=1S/C19H21N5O4/c25-16(12-24-17(26)2-1-9-22-24)20-10-11-21-18(27)13-5-7-15(8-6-13)23-19(28)14-3-4-14/h1-2,5-9,14H,3-4,10-12H2,(H,20,25)(H,21,27)(H,23,28). The third kappa shape index (κ3) is 5.50. The summed E-state index contributed by atoms with van der Waals surface area (Å²) in [6.07, 6.45) is 3.29. The SMILES string of the molecule is O=C(Cn1ncccc1=O)NCCNC(=O)c1ccc(NC(=O)C2CC2)cc1. The van der Waals surface area contributed by atoms with Crippen molar-refractivity contribution < 1.29 is 14.4 Å². The van der Waals surface area contributed by atoms with E-state index >= 15 is 0 Å². The molecule has 1 aromatic carbocycles. The molecule has 0 spiro atoms. The quantitative estimate of drug-likeness (QED) is 0.560. The maximum absolute atomic E-state index is 12.1. The third-order valence-electron chi connectivity index (χ3n) is 4.17. The molecule has 1 fully saturated rings. The highest BCUT2D eigenvalue weighted by atomic mass is 16.2. The van der Waals surface area contributed by atoms with Crippen LogP contribution in [0.4, 0.5) is 5.69 Å². The minimum absolute atomic E-state index is 0.0147. The maximum Gasteiger partial charge on any atom is 0.267 e. The van der Waals surface area contributed by atoms with Gasteiger partial charge < -0.3 is 16.0 Å². The van der Waals surface area contributed by atoms with Crippen LogP contribution in [0.15, 0.2) is 47.4 Å². The molecule has 0 radical (unpaired) electrons. The number of benzene rings is 1. The first-order chi connectivity index (χ1) is 13.5. The van der Waals surface area contributed by atoms with Gasteiger partial charge in [-0.25, -0.2) is 4.68 Å². The van der Waals surface area contributed by atoms with Crippen LogP contribution in [0.3, 0.4) is 0 Å². The highest BCUT2D eigenvalue weighted by Crippen LogP contribution is 2.30. The van der Waals surface area contributed by atoms with Gasteiger partial charge in [-0.15, -0.1) is 0 Å². The predicted molar refractivity (Wildman–Crippen MR) is 102 cm³/mol. The summed E-state index contributed by atoms with van der Waals surface area (Å²) in [6.45, 7) is 0.283. The van der Waals surface area contributed by atoms with Gasteiger partial charge in [-0.3, -0.25) is 19.2 Å². The van der Waals surface area contributed by atoms with E-state index in [4.69, 9.17) is 0 Å². The largest absolute Gasteiger partial charge is 0.353 e. The molecule has 1 saturated carbocycles. The monoisotopic (exact) mass is 383 g/mol. The average molecular weight is 383 g/mol. The highest BCUT2D eigenvalue weighted by Gasteiger charge is 2.29. The molecule has 0 saturated heterocycles. The molecule has 0 unspecified atom stereocenters. The first-order valence-electron chi connectivity index (χ1n) is 9.01. The Hall–Kier alpha value is -3.49.